The largest absolute Gasteiger partial charge is 0.335 e. The van der Waals surface area contributed by atoms with Crippen LogP contribution in [0.4, 0.5) is 5.69 Å². The first-order valence-electron chi connectivity index (χ1n) is 8.69. The Kier molecular flexibility index (Phi) is 4.47. The fourth-order valence-electron chi connectivity index (χ4n) is 3.62. The Bertz CT molecular complexity index is 808. The van der Waals surface area contributed by atoms with Gasteiger partial charge in [-0.2, -0.15) is 0 Å². The van der Waals surface area contributed by atoms with Crippen molar-refractivity contribution in [2.75, 3.05) is 11.4 Å². The Morgan fingerprint density at radius 1 is 1.12 bits per heavy atom. The molecule has 1 aliphatic heterocycles. The molecule has 0 aromatic heterocycles. The molecule has 0 bridgehead atoms. The van der Waals surface area contributed by atoms with Crippen LogP contribution in [0.1, 0.15) is 36.5 Å². The summed E-state index contributed by atoms with van der Waals surface area (Å²) in [6.07, 6.45) is 7.27. The summed E-state index contributed by atoms with van der Waals surface area (Å²) in [5, 5.41) is 1.26. The molecule has 0 amide bonds. The van der Waals surface area contributed by atoms with Crippen molar-refractivity contribution in [3.05, 3.63) is 70.3 Å². The van der Waals surface area contributed by atoms with Crippen LogP contribution >= 0.6 is 24.0 Å². The average molecular weight is 352 g/mol. The molecule has 1 aliphatic carbocycles. The van der Waals surface area contributed by atoms with Crippen molar-refractivity contribution in [2.24, 2.45) is 0 Å². The lowest BCUT2D eigenvalue weighted by Crippen LogP contribution is -2.17. The molecule has 122 valence electrons. The lowest BCUT2D eigenvalue weighted by molar-refractivity contribution is 0.676. The highest BCUT2D eigenvalue weighted by Gasteiger charge is 2.28. The summed E-state index contributed by atoms with van der Waals surface area (Å²) in [4.78, 5) is 4.79. The Labute approximate surface area is 153 Å². The Morgan fingerprint density at radius 3 is 2.71 bits per heavy atom. The number of anilines is 1. The molecule has 0 fully saturated rings. The maximum atomic E-state index is 5.67. The van der Waals surface area contributed by atoms with Crippen molar-refractivity contribution in [1.82, 2.24) is 0 Å². The minimum atomic E-state index is 0.915. The third-order valence-electron chi connectivity index (χ3n) is 4.85. The van der Waals surface area contributed by atoms with Crippen LogP contribution in [0.2, 0.25) is 0 Å². The zero-order valence-electron chi connectivity index (χ0n) is 13.9. The summed E-state index contributed by atoms with van der Waals surface area (Å²) in [5.41, 5.74) is 5.62. The Morgan fingerprint density at radius 2 is 1.92 bits per heavy atom. The number of thioether (sulfide) groups is 1. The van der Waals surface area contributed by atoms with E-state index < -0.39 is 0 Å². The van der Waals surface area contributed by atoms with Crippen LogP contribution in [-0.2, 0) is 12.8 Å². The van der Waals surface area contributed by atoms with Crippen molar-refractivity contribution in [3.63, 3.8) is 0 Å². The van der Waals surface area contributed by atoms with Gasteiger partial charge in [-0.3, -0.25) is 0 Å². The standard InChI is InChI=1S/C21H21NS2/c1-2-22-18-13-12-15-8-6-7-11-17(15)21(18)24-20(22)14-19(23)16-9-4-3-5-10-16/h3-5,9-10,12-14H,2,6-8,11H2,1H3. The normalized spacial score (nSPS) is 17.7. The number of thiocarbonyl (C=S) groups is 1. The van der Waals surface area contributed by atoms with Gasteiger partial charge in [0.2, 0.25) is 0 Å². The van der Waals surface area contributed by atoms with E-state index in [9.17, 15) is 0 Å². The lowest BCUT2D eigenvalue weighted by atomic mass is 9.91. The number of aryl methyl sites for hydroxylation is 1. The van der Waals surface area contributed by atoms with Gasteiger partial charge in [0.05, 0.1) is 10.7 Å². The molecular formula is C21H21NS2. The van der Waals surface area contributed by atoms with Crippen molar-refractivity contribution < 1.29 is 0 Å². The van der Waals surface area contributed by atoms with Crippen LogP contribution in [0.3, 0.4) is 0 Å². The molecule has 0 atom stereocenters. The smallest absolute Gasteiger partial charge is 0.0816 e. The number of rotatable bonds is 3. The SMILES string of the molecule is CCN1C(=CC(=S)c2ccccc2)Sc2c1ccc1c2CCCC1. The maximum Gasteiger partial charge on any atom is 0.0816 e. The van der Waals surface area contributed by atoms with E-state index in [0.29, 0.717) is 0 Å². The first-order valence-corrected chi connectivity index (χ1v) is 9.91. The zero-order chi connectivity index (χ0) is 16.5. The van der Waals surface area contributed by atoms with Crippen LogP contribution in [0.15, 0.2) is 58.5 Å². The predicted molar refractivity (Wildman–Crippen MR) is 108 cm³/mol. The molecule has 0 saturated heterocycles. The first kappa shape index (κ1) is 15.9. The van der Waals surface area contributed by atoms with Gasteiger partial charge in [0.15, 0.2) is 0 Å². The first-order chi connectivity index (χ1) is 11.8. The highest BCUT2D eigenvalue weighted by molar-refractivity contribution is 8.03. The molecule has 2 aromatic rings. The minimum absolute atomic E-state index is 0.915. The van der Waals surface area contributed by atoms with Crippen LogP contribution in [0, 0.1) is 0 Å². The van der Waals surface area contributed by atoms with Crippen molar-refractivity contribution in [3.8, 4) is 0 Å². The number of hydrogen-bond donors (Lipinski definition) is 0. The van der Waals surface area contributed by atoms with Crippen LogP contribution < -0.4 is 4.90 Å². The molecule has 3 heteroatoms. The van der Waals surface area contributed by atoms with E-state index in [1.54, 1.807) is 11.1 Å². The molecule has 2 aromatic carbocycles. The summed E-state index contributed by atoms with van der Waals surface area (Å²) < 4.78 is 0. The molecular weight excluding hydrogens is 330 g/mol. The van der Waals surface area contributed by atoms with E-state index >= 15 is 0 Å². The summed E-state index contributed by atoms with van der Waals surface area (Å²) in [5.74, 6) is 0. The van der Waals surface area contributed by atoms with Gasteiger partial charge in [0.25, 0.3) is 0 Å². The quantitative estimate of drug-likeness (QED) is 0.393. The van der Waals surface area contributed by atoms with Gasteiger partial charge in [0.1, 0.15) is 0 Å². The molecule has 2 aliphatic rings. The Balaban J connectivity index is 1.71. The summed E-state index contributed by atoms with van der Waals surface area (Å²) >= 11 is 7.58. The van der Waals surface area contributed by atoms with Crippen LogP contribution in [0.5, 0.6) is 0 Å². The summed E-state index contributed by atoms with van der Waals surface area (Å²) in [7, 11) is 0. The fraction of sp³-hybridized carbons (Fsp3) is 0.286. The highest BCUT2D eigenvalue weighted by Crippen LogP contribution is 2.49. The van der Waals surface area contributed by atoms with Gasteiger partial charge >= 0.3 is 0 Å². The number of fused-ring (bicyclic) bond motifs is 3. The number of allylic oxidation sites excluding steroid dienone is 1. The third-order valence-corrected chi connectivity index (χ3v) is 6.41. The maximum absolute atomic E-state index is 5.67. The van der Waals surface area contributed by atoms with E-state index in [1.165, 1.54) is 41.3 Å². The molecule has 24 heavy (non-hydrogen) atoms. The van der Waals surface area contributed by atoms with Crippen LogP contribution in [-0.4, -0.2) is 11.4 Å². The van der Waals surface area contributed by atoms with E-state index in [4.69, 9.17) is 12.2 Å². The van der Waals surface area contributed by atoms with E-state index in [2.05, 4.69) is 42.2 Å². The molecule has 4 rings (SSSR count). The van der Waals surface area contributed by atoms with Gasteiger partial charge in [-0.1, -0.05) is 60.4 Å². The predicted octanol–water partition coefficient (Wildman–Crippen LogP) is 5.76. The molecule has 0 N–H and O–H groups in total. The van der Waals surface area contributed by atoms with E-state index in [1.807, 2.05) is 30.0 Å². The summed E-state index contributed by atoms with van der Waals surface area (Å²) in [6, 6.07) is 14.9. The monoisotopic (exact) mass is 351 g/mol. The number of nitrogens with zero attached hydrogens (tertiary/aromatic N) is 1. The molecule has 0 radical (unpaired) electrons. The lowest BCUT2D eigenvalue weighted by Gasteiger charge is -2.21. The second-order valence-electron chi connectivity index (χ2n) is 6.32. The van der Waals surface area contributed by atoms with E-state index in [-0.39, 0.29) is 0 Å². The van der Waals surface area contributed by atoms with Gasteiger partial charge in [-0.05, 0) is 61.4 Å². The third kappa shape index (κ3) is 2.80. The van der Waals surface area contributed by atoms with Crippen molar-refractivity contribution in [2.45, 2.75) is 37.5 Å². The Hall–Kier alpha value is -1.58. The van der Waals surface area contributed by atoms with Gasteiger partial charge < -0.3 is 4.90 Å². The fourth-order valence-corrected chi connectivity index (χ4v) is 5.30. The van der Waals surface area contributed by atoms with Crippen LogP contribution in [0.25, 0.3) is 0 Å². The van der Waals surface area contributed by atoms with Gasteiger partial charge in [0, 0.05) is 16.3 Å². The molecule has 0 unspecified atom stereocenters. The van der Waals surface area contributed by atoms with Gasteiger partial charge in [-0.15, -0.1) is 0 Å². The van der Waals surface area contributed by atoms with Gasteiger partial charge in [-0.25, -0.2) is 0 Å². The molecule has 0 spiro atoms. The number of hydrogen-bond acceptors (Lipinski definition) is 3. The second-order valence-corrected chi connectivity index (χ2v) is 7.79. The molecule has 1 nitrogen and oxygen atoms in total. The minimum Gasteiger partial charge on any atom is -0.335 e. The molecule has 1 heterocycles. The molecule has 0 saturated carbocycles. The van der Waals surface area contributed by atoms with E-state index in [0.717, 1.165) is 17.0 Å². The topological polar surface area (TPSA) is 3.24 Å². The average Bonchev–Trinajstić information content (AvgIpc) is 3.00. The number of benzene rings is 2. The zero-order valence-corrected chi connectivity index (χ0v) is 15.6. The van der Waals surface area contributed by atoms with Crippen molar-refractivity contribution >= 4 is 34.5 Å². The van der Waals surface area contributed by atoms with Crippen molar-refractivity contribution in [1.29, 1.82) is 0 Å². The summed E-state index contributed by atoms with van der Waals surface area (Å²) in [6.45, 7) is 3.19. The second kappa shape index (κ2) is 6.73. The highest BCUT2D eigenvalue weighted by atomic mass is 32.2.